The molecule has 2 unspecified atom stereocenters. The molecule has 0 saturated heterocycles. The SMILES string of the molecule is CCC(CO)NC(=O)NC(C)c1c(F)cccc1Cl. The van der Waals surface area contributed by atoms with Gasteiger partial charge in [0.2, 0.25) is 0 Å². The molecule has 1 aromatic rings. The van der Waals surface area contributed by atoms with Crippen LogP contribution in [0.1, 0.15) is 31.9 Å². The molecule has 0 spiro atoms. The molecule has 0 bridgehead atoms. The quantitative estimate of drug-likeness (QED) is 0.780. The second kappa shape index (κ2) is 7.31. The molecule has 19 heavy (non-hydrogen) atoms. The molecule has 0 aliphatic heterocycles. The summed E-state index contributed by atoms with van der Waals surface area (Å²) in [6.07, 6.45) is 0.610. The van der Waals surface area contributed by atoms with Crippen LogP contribution in [0.2, 0.25) is 5.02 Å². The van der Waals surface area contributed by atoms with Crippen LogP contribution in [0.5, 0.6) is 0 Å². The standard InChI is InChI=1S/C13H18ClFN2O2/c1-3-9(7-18)17-13(19)16-8(2)12-10(14)5-4-6-11(12)15/h4-6,8-9,18H,3,7H2,1-2H3,(H2,16,17,19). The number of rotatable bonds is 5. The summed E-state index contributed by atoms with van der Waals surface area (Å²) in [5, 5.41) is 14.4. The fourth-order valence-corrected chi connectivity index (χ4v) is 2.02. The van der Waals surface area contributed by atoms with E-state index in [1.807, 2.05) is 6.92 Å². The van der Waals surface area contributed by atoms with Crippen LogP contribution in [0.4, 0.5) is 9.18 Å². The molecule has 106 valence electrons. The third-order valence-electron chi connectivity index (χ3n) is 2.83. The van der Waals surface area contributed by atoms with Gasteiger partial charge in [-0.2, -0.15) is 0 Å². The van der Waals surface area contributed by atoms with Crippen molar-refractivity contribution in [3.8, 4) is 0 Å². The van der Waals surface area contributed by atoms with Crippen LogP contribution in [0.15, 0.2) is 18.2 Å². The number of nitrogens with one attached hydrogen (secondary N) is 2. The predicted octanol–water partition coefficient (Wildman–Crippen LogP) is 2.61. The molecular formula is C13H18ClFN2O2. The highest BCUT2D eigenvalue weighted by Gasteiger charge is 2.17. The number of amides is 2. The maximum Gasteiger partial charge on any atom is 0.315 e. The Kier molecular flexibility index (Phi) is 6.05. The van der Waals surface area contributed by atoms with Gasteiger partial charge in [0.05, 0.1) is 18.7 Å². The van der Waals surface area contributed by atoms with Crippen LogP contribution in [0.3, 0.4) is 0 Å². The summed E-state index contributed by atoms with van der Waals surface area (Å²) in [6, 6.07) is 3.02. The van der Waals surface area contributed by atoms with Gasteiger partial charge in [0.25, 0.3) is 0 Å². The van der Waals surface area contributed by atoms with E-state index in [2.05, 4.69) is 10.6 Å². The monoisotopic (exact) mass is 288 g/mol. The number of aliphatic hydroxyl groups is 1. The number of benzene rings is 1. The first kappa shape index (κ1) is 15.7. The molecule has 0 saturated carbocycles. The minimum Gasteiger partial charge on any atom is -0.394 e. The maximum atomic E-state index is 13.6. The van der Waals surface area contributed by atoms with Crippen LogP contribution < -0.4 is 10.6 Å². The lowest BCUT2D eigenvalue weighted by molar-refractivity contribution is 0.212. The van der Waals surface area contributed by atoms with Gasteiger partial charge in [-0.25, -0.2) is 9.18 Å². The van der Waals surface area contributed by atoms with Crippen LogP contribution >= 0.6 is 11.6 Å². The lowest BCUT2D eigenvalue weighted by atomic mass is 10.1. The first-order chi connectivity index (χ1) is 8.99. The smallest absolute Gasteiger partial charge is 0.315 e. The van der Waals surface area contributed by atoms with Gasteiger partial charge in [0, 0.05) is 10.6 Å². The van der Waals surface area contributed by atoms with E-state index in [0.717, 1.165) is 0 Å². The second-order valence-electron chi connectivity index (χ2n) is 4.26. The molecule has 3 N–H and O–H groups in total. The zero-order valence-corrected chi connectivity index (χ0v) is 11.7. The molecule has 1 rings (SSSR count). The van der Waals surface area contributed by atoms with Crippen molar-refractivity contribution < 1.29 is 14.3 Å². The van der Waals surface area contributed by atoms with Gasteiger partial charge in [0.15, 0.2) is 0 Å². The van der Waals surface area contributed by atoms with Crippen molar-refractivity contribution in [2.24, 2.45) is 0 Å². The summed E-state index contributed by atoms with van der Waals surface area (Å²) >= 11 is 5.92. The number of aliphatic hydroxyl groups excluding tert-OH is 1. The molecule has 0 fully saturated rings. The Labute approximate surface area is 117 Å². The van der Waals surface area contributed by atoms with Crippen molar-refractivity contribution in [2.75, 3.05) is 6.61 Å². The van der Waals surface area contributed by atoms with Gasteiger partial charge >= 0.3 is 6.03 Å². The summed E-state index contributed by atoms with van der Waals surface area (Å²) in [7, 11) is 0. The molecule has 2 atom stereocenters. The molecule has 0 aromatic heterocycles. The van der Waals surface area contributed by atoms with Crippen molar-refractivity contribution >= 4 is 17.6 Å². The Morgan fingerprint density at radius 1 is 1.47 bits per heavy atom. The minimum atomic E-state index is -0.565. The predicted molar refractivity (Wildman–Crippen MR) is 72.7 cm³/mol. The van der Waals surface area contributed by atoms with Gasteiger partial charge in [0.1, 0.15) is 5.82 Å². The lowest BCUT2D eigenvalue weighted by Crippen LogP contribution is -2.44. The summed E-state index contributed by atoms with van der Waals surface area (Å²) in [5.41, 5.74) is 0.247. The third kappa shape index (κ3) is 4.36. The Balaban J connectivity index is 2.69. The fraction of sp³-hybridized carbons (Fsp3) is 0.462. The minimum absolute atomic E-state index is 0.140. The van der Waals surface area contributed by atoms with Crippen LogP contribution in [0.25, 0.3) is 0 Å². The van der Waals surface area contributed by atoms with E-state index in [1.54, 1.807) is 13.0 Å². The zero-order chi connectivity index (χ0) is 14.4. The summed E-state index contributed by atoms with van der Waals surface area (Å²) in [6.45, 7) is 3.35. The van der Waals surface area contributed by atoms with E-state index in [4.69, 9.17) is 16.7 Å². The highest BCUT2D eigenvalue weighted by atomic mass is 35.5. The highest BCUT2D eigenvalue weighted by Crippen LogP contribution is 2.25. The van der Waals surface area contributed by atoms with Crippen LogP contribution in [-0.4, -0.2) is 23.8 Å². The highest BCUT2D eigenvalue weighted by molar-refractivity contribution is 6.31. The molecule has 0 aliphatic rings. The molecule has 1 aromatic carbocycles. The molecule has 0 heterocycles. The Morgan fingerprint density at radius 3 is 2.68 bits per heavy atom. The molecule has 2 amide bonds. The third-order valence-corrected chi connectivity index (χ3v) is 3.16. The number of hydrogen-bond acceptors (Lipinski definition) is 2. The zero-order valence-electron chi connectivity index (χ0n) is 10.9. The van der Waals surface area contributed by atoms with Crippen molar-refractivity contribution in [1.29, 1.82) is 0 Å². The van der Waals surface area contributed by atoms with E-state index in [1.165, 1.54) is 12.1 Å². The normalized spacial score (nSPS) is 13.7. The van der Waals surface area contributed by atoms with Crippen LogP contribution in [0, 0.1) is 5.82 Å². The van der Waals surface area contributed by atoms with Gasteiger partial charge < -0.3 is 15.7 Å². The largest absolute Gasteiger partial charge is 0.394 e. The Bertz CT molecular complexity index is 418. The van der Waals surface area contributed by atoms with E-state index in [9.17, 15) is 9.18 Å². The number of halogens is 2. The average molecular weight is 289 g/mol. The summed E-state index contributed by atoms with van der Waals surface area (Å²) in [5.74, 6) is -0.463. The van der Waals surface area contributed by atoms with E-state index >= 15 is 0 Å². The van der Waals surface area contributed by atoms with Gasteiger partial charge in [-0.15, -0.1) is 0 Å². The molecule has 4 nitrogen and oxygen atoms in total. The summed E-state index contributed by atoms with van der Waals surface area (Å²) in [4.78, 5) is 11.7. The molecular weight excluding hydrogens is 271 g/mol. The van der Waals surface area contributed by atoms with E-state index in [-0.39, 0.29) is 23.2 Å². The number of urea groups is 1. The van der Waals surface area contributed by atoms with Crippen molar-refractivity contribution in [1.82, 2.24) is 10.6 Å². The molecule has 6 heteroatoms. The second-order valence-corrected chi connectivity index (χ2v) is 4.67. The van der Waals surface area contributed by atoms with Gasteiger partial charge in [-0.3, -0.25) is 0 Å². The van der Waals surface area contributed by atoms with Gasteiger partial charge in [-0.05, 0) is 25.5 Å². The Hall–Kier alpha value is -1.33. The van der Waals surface area contributed by atoms with Gasteiger partial charge in [-0.1, -0.05) is 24.6 Å². The first-order valence-electron chi connectivity index (χ1n) is 6.11. The van der Waals surface area contributed by atoms with E-state index < -0.39 is 17.9 Å². The first-order valence-corrected chi connectivity index (χ1v) is 6.49. The lowest BCUT2D eigenvalue weighted by Gasteiger charge is -2.19. The van der Waals surface area contributed by atoms with Crippen molar-refractivity contribution in [2.45, 2.75) is 32.4 Å². The van der Waals surface area contributed by atoms with Crippen molar-refractivity contribution in [3.05, 3.63) is 34.6 Å². The number of hydrogen-bond donors (Lipinski definition) is 3. The molecule has 0 aliphatic carbocycles. The average Bonchev–Trinajstić information content (AvgIpc) is 2.35. The number of carbonyl (C=O) groups excluding carboxylic acids is 1. The van der Waals surface area contributed by atoms with Crippen molar-refractivity contribution in [3.63, 3.8) is 0 Å². The van der Waals surface area contributed by atoms with E-state index in [0.29, 0.717) is 6.42 Å². The Morgan fingerprint density at radius 2 is 2.16 bits per heavy atom. The topological polar surface area (TPSA) is 61.4 Å². The molecule has 0 radical (unpaired) electrons. The maximum absolute atomic E-state index is 13.6. The number of carbonyl (C=O) groups is 1. The van der Waals surface area contributed by atoms with Crippen LogP contribution in [-0.2, 0) is 0 Å². The fourth-order valence-electron chi connectivity index (χ4n) is 1.70. The summed E-state index contributed by atoms with van der Waals surface area (Å²) < 4.78 is 13.6.